The molecular formula is C32H47NO4Si. The normalized spacial score (nSPS) is 19.6. The summed E-state index contributed by atoms with van der Waals surface area (Å²) in [6.07, 6.45) is 3.25. The maximum atomic E-state index is 13.5. The molecule has 0 saturated heterocycles. The molecule has 5 nitrogen and oxygen atoms in total. The van der Waals surface area contributed by atoms with Crippen LogP contribution < -0.4 is 15.7 Å². The van der Waals surface area contributed by atoms with Gasteiger partial charge in [0.2, 0.25) is 5.91 Å². The van der Waals surface area contributed by atoms with Crippen LogP contribution in [0.15, 0.2) is 60.7 Å². The summed E-state index contributed by atoms with van der Waals surface area (Å²) in [6.45, 7) is 16.2. The molecule has 2 aromatic carbocycles. The van der Waals surface area contributed by atoms with Crippen LogP contribution in [-0.4, -0.2) is 37.9 Å². The van der Waals surface area contributed by atoms with Crippen molar-refractivity contribution in [3.05, 3.63) is 60.7 Å². The van der Waals surface area contributed by atoms with E-state index in [2.05, 4.69) is 74.6 Å². The second-order valence-corrected chi connectivity index (χ2v) is 17.3. The van der Waals surface area contributed by atoms with Crippen LogP contribution in [0.3, 0.4) is 0 Å². The number of amides is 1. The third-order valence-electron chi connectivity index (χ3n) is 7.38. The number of carbonyl (C=O) groups excluding carboxylic acids is 2. The molecule has 1 fully saturated rings. The van der Waals surface area contributed by atoms with E-state index in [0.717, 1.165) is 19.3 Å². The van der Waals surface area contributed by atoms with Crippen molar-refractivity contribution in [3.63, 3.8) is 0 Å². The Labute approximate surface area is 230 Å². The van der Waals surface area contributed by atoms with Gasteiger partial charge in [0.05, 0.1) is 0 Å². The van der Waals surface area contributed by atoms with Gasteiger partial charge in [-0.15, -0.1) is 0 Å². The van der Waals surface area contributed by atoms with Crippen molar-refractivity contribution >= 4 is 30.6 Å². The predicted octanol–water partition coefficient (Wildman–Crippen LogP) is 5.60. The molecule has 3 rings (SSSR count). The smallest absolute Gasteiger partial charge is 0.329 e. The van der Waals surface area contributed by atoms with Crippen molar-refractivity contribution in [2.75, 3.05) is 0 Å². The minimum Gasteiger partial charge on any atom is -0.458 e. The average Bonchev–Trinajstić information content (AvgIpc) is 2.85. The van der Waals surface area contributed by atoms with Crippen LogP contribution in [0, 0.1) is 11.8 Å². The molecule has 1 aliphatic carbocycles. The van der Waals surface area contributed by atoms with Gasteiger partial charge in [0, 0.05) is 12.0 Å². The van der Waals surface area contributed by atoms with Crippen LogP contribution >= 0.6 is 0 Å². The molecule has 0 unspecified atom stereocenters. The SMILES string of the molecule is CC(C)[C@H](NC(=O)[C@@H]1CCC[C@H](O[Si](c2ccccc2)(c2ccccc2)C(C)(C)C)C1)C(=O)OC(C)(C)C. The van der Waals surface area contributed by atoms with E-state index in [1.807, 2.05) is 46.8 Å². The van der Waals surface area contributed by atoms with Gasteiger partial charge in [-0.3, -0.25) is 4.79 Å². The number of carbonyl (C=O) groups is 2. The molecule has 1 amide bonds. The van der Waals surface area contributed by atoms with Crippen LogP contribution in [0.5, 0.6) is 0 Å². The molecule has 6 heteroatoms. The highest BCUT2D eigenvalue weighted by atomic mass is 28.4. The molecule has 0 aromatic heterocycles. The minimum atomic E-state index is -2.70. The van der Waals surface area contributed by atoms with Crippen LogP contribution in [0.1, 0.15) is 81.1 Å². The largest absolute Gasteiger partial charge is 0.458 e. The number of hydrogen-bond donors (Lipinski definition) is 1. The highest BCUT2D eigenvalue weighted by Crippen LogP contribution is 2.40. The fraction of sp³-hybridized carbons (Fsp3) is 0.562. The quantitative estimate of drug-likeness (QED) is 0.351. The van der Waals surface area contributed by atoms with Crippen molar-refractivity contribution in [1.29, 1.82) is 0 Å². The Balaban J connectivity index is 1.86. The molecular weight excluding hydrogens is 490 g/mol. The summed E-state index contributed by atoms with van der Waals surface area (Å²) in [7, 11) is -2.70. The average molecular weight is 538 g/mol. The predicted molar refractivity (Wildman–Crippen MR) is 157 cm³/mol. The van der Waals surface area contributed by atoms with Crippen molar-refractivity contribution in [2.45, 2.75) is 104 Å². The van der Waals surface area contributed by atoms with E-state index in [-0.39, 0.29) is 34.9 Å². The van der Waals surface area contributed by atoms with Crippen molar-refractivity contribution in [3.8, 4) is 0 Å². The van der Waals surface area contributed by atoms with Crippen molar-refractivity contribution in [2.24, 2.45) is 11.8 Å². The zero-order valence-electron chi connectivity index (χ0n) is 24.5. The van der Waals surface area contributed by atoms with Gasteiger partial charge < -0.3 is 14.5 Å². The van der Waals surface area contributed by atoms with Crippen molar-refractivity contribution in [1.82, 2.24) is 5.32 Å². The lowest BCUT2D eigenvalue weighted by Crippen LogP contribution is -2.68. The monoisotopic (exact) mass is 537 g/mol. The second-order valence-electron chi connectivity index (χ2n) is 13.0. The summed E-state index contributed by atoms with van der Waals surface area (Å²) in [5, 5.41) is 5.40. The molecule has 0 radical (unpaired) electrons. The summed E-state index contributed by atoms with van der Waals surface area (Å²) >= 11 is 0. The van der Waals surface area contributed by atoms with E-state index in [9.17, 15) is 9.59 Å². The van der Waals surface area contributed by atoms with E-state index in [1.54, 1.807) is 0 Å². The third-order valence-corrected chi connectivity index (χ3v) is 12.5. The first kappa shape index (κ1) is 30.1. The van der Waals surface area contributed by atoms with Gasteiger partial charge in [0.1, 0.15) is 11.6 Å². The minimum absolute atomic E-state index is 0.0372. The van der Waals surface area contributed by atoms with E-state index in [1.165, 1.54) is 10.4 Å². The van der Waals surface area contributed by atoms with Crippen LogP contribution in [0.25, 0.3) is 0 Å². The fourth-order valence-corrected chi connectivity index (χ4v) is 10.3. The number of esters is 1. The number of rotatable bonds is 8. The first-order valence-electron chi connectivity index (χ1n) is 14.1. The molecule has 0 spiro atoms. The van der Waals surface area contributed by atoms with E-state index in [4.69, 9.17) is 9.16 Å². The summed E-state index contributed by atoms with van der Waals surface area (Å²) in [6, 6.07) is 20.6. The van der Waals surface area contributed by atoms with E-state index < -0.39 is 20.0 Å². The van der Waals surface area contributed by atoms with Crippen molar-refractivity contribution < 1.29 is 18.8 Å². The number of benzene rings is 2. The lowest BCUT2D eigenvalue weighted by Gasteiger charge is -2.46. The van der Waals surface area contributed by atoms with Gasteiger partial charge in [-0.25, -0.2) is 4.79 Å². The maximum absolute atomic E-state index is 13.5. The summed E-state index contributed by atoms with van der Waals surface area (Å²) in [5.41, 5.74) is -0.603. The standard InChI is InChI=1S/C32H47NO4Si/c1-23(2)28(30(35)36-31(3,4)5)33-29(34)24-16-15-17-25(22-24)37-38(32(6,7)8,26-18-11-9-12-19-26)27-20-13-10-14-21-27/h9-14,18-21,23-25,28H,15-17,22H2,1-8H3,(H,33,34)/t24-,25+,28+/m1/s1. The maximum Gasteiger partial charge on any atom is 0.329 e. The Morgan fingerprint density at radius 1 is 0.868 bits per heavy atom. The van der Waals surface area contributed by atoms with Gasteiger partial charge >= 0.3 is 5.97 Å². The van der Waals surface area contributed by atoms with Crippen LogP contribution in [-0.2, 0) is 18.8 Å². The third kappa shape index (κ3) is 7.14. The molecule has 2 aromatic rings. The number of nitrogens with one attached hydrogen (secondary N) is 1. The molecule has 0 aliphatic heterocycles. The van der Waals surface area contributed by atoms with E-state index >= 15 is 0 Å². The van der Waals surface area contributed by atoms with Gasteiger partial charge in [-0.2, -0.15) is 0 Å². The molecule has 0 heterocycles. The first-order chi connectivity index (χ1) is 17.7. The van der Waals surface area contributed by atoms with Crippen LogP contribution in [0.2, 0.25) is 5.04 Å². The summed E-state index contributed by atoms with van der Waals surface area (Å²) < 4.78 is 12.9. The second kappa shape index (κ2) is 12.2. The molecule has 208 valence electrons. The molecule has 1 N–H and O–H groups in total. The zero-order chi connectivity index (χ0) is 28.1. The van der Waals surface area contributed by atoms with E-state index in [0.29, 0.717) is 6.42 Å². The molecule has 3 atom stereocenters. The Hall–Kier alpha value is -2.44. The Morgan fingerprint density at radius 3 is 1.84 bits per heavy atom. The summed E-state index contributed by atoms with van der Waals surface area (Å²) in [5.74, 6) is -0.723. The molecule has 1 saturated carbocycles. The van der Waals surface area contributed by atoms with Gasteiger partial charge in [0.25, 0.3) is 8.32 Å². The number of ether oxygens (including phenoxy) is 1. The van der Waals surface area contributed by atoms with Gasteiger partial charge in [-0.1, -0.05) is 102 Å². The Bertz CT molecular complexity index is 1020. The Morgan fingerprint density at radius 2 is 1.39 bits per heavy atom. The Kier molecular flexibility index (Phi) is 9.64. The number of hydrogen-bond acceptors (Lipinski definition) is 4. The summed E-state index contributed by atoms with van der Waals surface area (Å²) in [4.78, 5) is 26.3. The highest BCUT2D eigenvalue weighted by molar-refractivity contribution is 6.99. The highest BCUT2D eigenvalue weighted by Gasteiger charge is 2.52. The van der Waals surface area contributed by atoms with Crippen LogP contribution in [0.4, 0.5) is 0 Å². The topological polar surface area (TPSA) is 64.6 Å². The zero-order valence-corrected chi connectivity index (χ0v) is 25.5. The molecule has 38 heavy (non-hydrogen) atoms. The lowest BCUT2D eigenvalue weighted by atomic mass is 9.86. The first-order valence-corrected chi connectivity index (χ1v) is 16.0. The molecule has 0 bridgehead atoms. The van der Waals surface area contributed by atoms with Gasteiger partial charge in [0.15, 0.2) is 0 Å². The van der Waals surface area contributed by atoms with Gasteiger partial charge in [-0.05, 0) is 61.4 Å². The lowest BCUT2D eigenvalue weighted by molar-refractivity contribution is -0.160. The fourth-order valence-electron chi connectivity index (χ4n) is 5.57. The molecule has 1 aliphatic rings.